The van der Waals surface area contributed by atoms with Crippen LogP contribution >= 0.6 is 0 Å². The molecule has 0 unspecified atom stereocenters. The van der Waals surface area contributed by atoms with Gasteiger partial charge in [-0.3, -0.25) is 4.79 Å². The molecule has 2 aromatic rings. The predicted octanol–water partition coefficient (Wildman–Crippen LogP) is 3.00. The van der Waals surface area contributed by atoms with E-state index in [0.29, 0.717) is 36.8 Å². The van der Waals surface area contributed by atoms with Crippen molar-refractivity contribution in [3.05, 3.63) is 47.4 Å². The summed E-state index contributed by atoms with van der Waals surface area (Å²) in [6.07, 6.45) is 4.29. The van der Waals surface area contributed by atoms with Gasteiger partial charge < -0.3 is 14.3 Å². The van der Waals surface area contributed by atoms with E-state index in [9.17, 15) is 9.18 Å². The van der Waals surface area contributed by atoms with Crippen molar-refractivity contribution in [2.45, 2.75) is 44.6 Å². The number of rotatable bonds is 5. The van der Waals surface area contributed by atoms with Gasteiger partial charge in [0.2, 0.25) is 11.8 Å². The number of amides is 1. The van der Waals surface area contributed by atoms with Crippen LogP contribution in [0, 0.1) is 11.7 Å². The molecule has 1 aromatic carbocycles. The third kappa shape index (κ3) is 4.41. The fourth-order valence-corrected chi connectivity index (χ4v) is 4.14. The lowest BCUT2D eigenvalue weighted by atomic mass is 9.93. The SMILES string of the molecule is CN1CCC(Cc2noc([C@H]3CCC(=O)N(Cc4ccccc4F)C3)n2)CC1. The molecule has 1 atom stereocenters. The Morgan fingerprint density at radius 1 is 1.21 bits per heavy atom. The lowest BCUT2D eigenvalue weighted by molar-refractivity contribution is -0.134. The molecule has 7 heteroatoms. The summed E-state index contributed by atoms with van der Waals surface area (Å²) in [5.41, 5.74) is 0.532. The van der Waals surface area contributed by atoms with E-state index >= 15 is 0 Å². The first-order valence-electron chi connectivity index (χ1n) is 10.1. The van der Waals surface area contributed by atoms with Crippen LogP contribution in [0.15, 0.2) is 28.8 Å². The second kappa shape index (κ2) is 8.39. The van der Waals surface area contributed by atoms with Gasteiger partial charge in [-0.25, -0.2) is 4.39 Å². The summed E-state index contributed by atoms with van der Waals surface area (Å²) < 4.78 is 19.5. The minimum absolute atomic E-state index is 0.0169. The number of aromatic nitrogens is 2. The summed E-state index contributed by atoms with van der Waals surface area (Å²) in [4.78, 5) is 21.0. The van der Waals surface area contributed by atoms with Crippen molar-refractivity contribution in [3.63, 3.8) is 0 Å². The van der Waals surface area contributed by atoms with Crippen molar-refractivity contribution >= 4 is 5.91 Å². The molecule has 2 aliphatic heterocycles. The summed E-state index contributed by atoms with van der Waals surface area (Å²) in [6, 6.07) is 6.59. The lowest BCUT2D eigenvalue weighted by Gasteiger charge is -2.31. The van der Waals surface area contributed by atoms with Gasteiger partial charge in [0.1, 0.15) is 5.82 Å². The molecule has 3 heterocycles. The Balaban J connectivity index is 1.38. The number of carbonyl (C=O) groups is 1. The Bertz CT molecular complexity index is 816. The number of benzene rings is 1. The molecule has 1 amide bonds. The minimum atomic E-state index is -0.282. The summed E-state index contributed by atoms with van der Waals surface area (Å²) in [6.45, 7) is 3.00. The van der Waals surface area contributed by atoms with Gasteiger partial charge in [0.05, 0.1) is 5.92 Å². The van der Waals surface area contributed by atoms with Crippen LogP contribution in [0.25, 0.3) is 0 Å². The van der Waals surface area contributed by atoms with E-state index in [2.05, 4.69) is 22.1 Å². The van der Waals surface area contributed by atoms with Gasteiger partial charge in [0.25, 0.3) is 0 Å². The van der Waals surface area contributed by atoms with E-state index < -0.39 is 0 Å². The zero-order valence-electron chi connectivity index (χ0n) is 16.3. The highest BCUT2D eigenvalue weighted by molar-refractivity contribution is 5.77. The summed E-state index contributed by atoms with van der Waals surface area (Å²) >= 11 is 0. The molecule has 2 saturated heterocycles. The third-order valence-corrected chi connectivity index (χ3v) is 5.96. The van der Waals surface area contributed by atoms with Gasteiger partial charge in [0, 0.05) is 31.5 Å². The quantitative estimate of drug-likeness (QED) is 0.791. The molecule has 28 heavy (non-hydrogen) atoms. The van der Waals surface area contributed by atoms with E-state index in [1.54, 1.807) is 23.1 Å². The summed E-state index contributed by atoms with van der Waals surface area (Å²) in [7, 11) is 2.15. The largest absolute Gasteiger partial charge is 0.339 e. The van der Waals surface area contributed by atoms with E-state index in [1.807, 2.05) is 0 Å². The van der Waals surface area contributed by atoms with Crippen LogP contribution in [0.2, 0.25) is 0 Å². The first-order chi connectivity index (χ1) is 13.6. The van der Waals surface area contributed by atoms with Gasteiger partial charge in [-0.2, -0.15) is 4.98 Å². The molecule has 0 saturated carbocycles. The zero-order chi connectivity index (χ0) is 19.5. The number of nitrogens with zero attached hydrogens (tertiary/aromatic N) is 4. The molecule has 0 radical (unpaired) electrons. The van der Waals surface area contributed by atoms with E-state index in [-0.39, 0.29) is 24.2 Å². The maximum Gasteiger partial charge on any atom is 0.231 e. The average molecular weight is 386 g/mol. The van der Waals surface area contributed by atoms with Crippen molar-refractivity contribution in [3.8, 4) is 0 Å². The first-order valence-corrected chi connectivity index (χ1v) is 10.1. The second-order valence-corrected chi connectivity index (χ2v) is 8.10. The lowest BCUT2D eigenvalue weighted by Crippen LogP contribution is -2.38. The summed E-state index contributed by atoms with van der Waals surface area (Å²) in [5, 5.41) is 4.18. The van der Waals surface area contributed by atoms with Crippen molar-refractivity contribution in [2.75, 3.05) is 26.7 Å². The molecule has 4 rings (SSSR count). The molecular weight excluding hydrogens is 359 g/mol. The van der Waals surface area contributed by atoms with Crippen LogP contribution in [0.5, 0.6) is 0 Å². The van der Waals surface area contributed by atoms with Crippen molar-refractivity contribution in [2.24, 2.45) is 5.92 Å². The van der Waals surface area contributed by atoms with Gasteiger partial charge in [-0.15, -0.1) is 0 Å². The molecule has 0 bridgehead atoms. The topological polar surface area (TPSA) is 62.5 Å². The number of halogens is 1. The van der Waals surface area contributed by atoms with Gasteiger partial charge in [0.15, 0.2) is 5.82 Å². The number of carbonyl (C=O) groups excluding carboxylic acids is 1. The fraction of sp³-hybridized carbons (Fsp3) is 0.571. The number of piperidine rings is 2. The standard InChI is InChI=1S/C21H27FN4O2/c1-25-10-8-15(9-11-25)12-19-23-21(28-24-19)17-6-7-20(27)26(14-17)13-16-4-2-3-5-18(16)22/h2-5,15,17H,6-14H2,1H3/t17-/m0/s1. The van der Waals surface area contributed by atoms with Crippen molar-refractivity contribution < 1.29 is 13.7 Å². The molecule has 0 spiro atoms. The normalized spacial score (nSPS) is 22.0. The van der Waals surface area contributed by atoms with Crippen LogP contribution < -0.4 is 0 Å². The van der Waals surface area contributed by atoms with Crippen molar-refractivity contribution in [1.29, 1.82) is 0 Å². The molecule has 0 N–H and O–H groups in total. The Morgan fingerprint density at radius 3 is 2.79 bits per heavy atom. The zero-order valence-corrected chi connectivity index (χ0v) is 16.3. The molecule has 1 aromatic heterocycles. The molecule has 2 aliphatic rings. The highest BCUT2D eigenvalue weighted by Crippen LogP contribution is 2.28. The summed E-state index contributed by atoms with van der Waals surface area (Å²) in [5.74, 6) is 1.76. The van der Waals surface area contributed by atoms with Crippen LogP contribution in [-0.4, -0.2) is 52.5 Å². The van der Waals surface area contributed by atoms with E-state index in [1.165, 1.54) is 6.07 Å². The maximum atomic E-state index is 14.0. The maximum absolute atomic E-state index is 14.0. The molecular formula is C21H27FN4O2. The molecule has 150 valence electrons. The third-order valence-electron chi connectivity index (χ3n) is 5.96. The van der Waals surface area contributed by atoms with Crippen LogP contribution in [0.3, 0.4) is 0 Å². The number of hydrogen-bond acceptors (Lipinski definition) is 5. The van der Waals surface area contributed by atoms with Crippen LogP contribution in [-0.2, 0) is 17.8 Å². The highest BCUT2D eigenvalue weighted by Gasteiger charge is 2.31. The van der Waals surface area contributed by atoms with Gasteiger partial charge >= 0.3 is 0 Å². The van der Waals surface area contributed by atoms with E-state index in [0.717, 1.165) is 38.2 Å². The Morgan fingerprint density at radius 2 is 2.00 bits per heavy atom. The molecule has 6 nitrogen and oxygen atoms in total. The molecule has 2 fully saturated rings. The minimum Gasteiger partial charge on any atom is -0.339 e. The number of hydrogen-bond donors (Lipinski definition) is 0. The second-order valence-electron chi connectivity index (χ2n) is 8.10. The smallest absolute Gasteiger partial charge is 0.231 e. The first kappa shape index (κ1) is 19.1. The number of likely N-dealkylation sites (tertiary alicyclic amines) is 2. The predicted molar refractivity (Wildman–Crippen MR) is 102 cm³/mol. The van der Waals surface area contributed by atoms with Crippen molar-refractivity contribution in [1.82, 2.24) is 19.9 Å². The van der Waals surface area contributed by atoms with Crippen LogP contribution in [0.1, 0.15) is 48.9 Å². The monoisotopic (exact) mass is 386 g/mol. The van der Waals surface area contributed by atoms with Crippen LogP contribution in [0.4, 0.5) is 4.39 Å². The highest BCUT2D eigenvalue weighted by atomic mass is 19.1. The average Bonchev–Trinajstić information content (AvgIpc) is 3.15. The van der Waals surface area contributed by atoms with Gasteiger partial charge in [-0.05, 0) is 51.4 Å². The van der Waals surface area contributed by atoms with Gasteiger partial charge in [-0.1, -0.05) is 23.4 Å². The van der Waals surface area contributed by atoms with E-state index in [4.69, 9.17) is 4.52 Å². The Kier molecular flexibility index (Phi) is 5.71. The Hall–Kier alpha value is -2.28. The Labute approximate surface area is 164 Å². The molecule has 0 aliphatic carbocycles. The fourth-order valence-electron chi connectivity index (χ4n) is 4.14.